The van der Waals surface area contributed by atoms with Crippen LogP contribution in [0.2, 0.25) is 0 Å². The number of piperidine rings is 1. The number of carbonyl (C=O) groups is 1. The smallest absolute Gasteiger partial charge is 0.256 e. The number of halogens is 1. The van der Waals surface area contributed by atoms with Crippen molar-refractivity contribution in [1.82, 2.24) is 10.2 Å². The van der Waals surface area contributed by atoms with Gasteiger partial charge in [0.05, 0.1) is 5.56 Å². The van der Waals surface area contributed by atoms with Crippen LogP contribution in [0.3, 0.4) is 0 Å². The number of carbonyl (C=O) groups excluding carboxylic acids is 1. The van der Waals surface area contributed by atoms with Gasteiger partial charge >= 0.3 is 0 Å². The number of aryl methyl sites for hydroxylation is 1. The molecule has 2 aromatic rings. The number of amides is 1. The van der Waals surface area contributed by atoms with Gasteiger partial charge in [-0.25, -0.2) is 4.39 Å². The second kappa shape index (κ2) is 7.79. The first-order valence-corrected chi connectivity index (χ1v) is 8.91. The molecule has 132 valence electrons. The number of hydrogen-bond acceptors (Lipinski definition) is 2. The highest BCUT2D eigenvalue weighted by Gasteiger charge is 2.26. The molecule has 4 heteroatoms. The van der Waals surface area contributed by atoms with E-state index >= 15 is 0 Å². The van der Waals surface area contributed by atoms with Gasteiger partial charge in [0.2, 0.25) is 0 Å². The molecular weight excluding hydrogens is 315 g/mol. The number of hydrogen-bond donors (Lipinski definition) is 1. The molecule has 3 nitrogen and oxygen atoms in total. The second-order valence-corrected chi connectivity index (χ2v) is 6.79. The molecule has 2 aromatic carbocycles. The van der Waals surface area contributed by atoms with Gasteiger partial charge in [-0.3, -0.25) is 4.79 Å². The van der Waals surface area contributed by atoms with E-state index in [9.17, 15) is 9.18 Å². The molecule has 1 amide bonds. The summed E-state index contributed by atoms with van der Waals surface area (Å²) in [5.41, 5.74) is 2.77. The number of nitrogens with one attached hydrogen (secondary N) is 1. The minimum absolute atomic E-state index is 0.169. The van der Waals surface area contributed by atoms with Crippen LogP contribution >= 0.6 is 0 Å². The highest BCUT2D eigenvalue weighted by Crippen LogP contribution is 2.21. The highest BCUT2D eigenvalue weighted by atomic mass is 19.1. The molecule has 0 unspecified atom stereocenters. The molecule has 0 radical (unpaired) electrons. The summed E-state index contributed by atoms with van der Waals surface area (Å²) in [7, 11) is 0. The van der Waals surface area contributed by atoms with E-state index in [1.54, 1.807) is 23.1 Å². The summed E-state index contributed by atoms with van der Waals surface area (Å²) in [4.78, 5) is 14.2. The number of nitrogens with zero attached hydrogens (tertiary/aromatic N) is 1. The molecule has 0 aliphatic carbocycles. The van der Waals surface area contributed by atoms with E-state index < -0.39 is 5.82 Å². The zero-order chi connectivity index (χ0) is 17.8. The third-order valence-corrected chi connectivity index (χ3v) is 5.03. The molecule has 0 aromatic heterocycles. The monoisotopic (exact) mass is 340 g/mol. The Bertz CT molecular complexity index is 738. The van der Waals surface area contributed by atoms with Crippen molar-refractivity contribution < 1.29 is 9.18 Å². The van der Waals surface area contributed by atoms with Crippen LogP contribution in [-0.2, 0) is 0 Å². The average molecular weight is 340 g/mol. The molecule has 25 heavy (non-hydrogen) atoms. The lowest BCUT2D eigenvalue weighted by Gasteiger charge is -2.34. The molecule has 1 aliphatic heterocycles. The molecule has 0 spiro atoms. The Hall–Kier alpha value is -2.20. The maximum Gasteiger partial charge on any atom is 0.256 e. The van der Waals surface area contributed by atoms with Crippen molar-refractivity contribution in [1.29, 1.82) is 0 Å². The van der Waals surface area contributed by atoms with Crippen molar-refractivity contribution >= 4 is 5.91 Å². The lowest BCUT2D eigenvalue weighted by Crippen LogP contribution is -2.45. The first kappa shape index (κ1) is 17.6. The van der Waals surface area contributed by atoms with Crippen LogP contribution in [0, 0.1) is 12.7 Å². The SMILES string of the molecule is Cc1ccccc1[C@H](C)NC1CCN(C(=O)c2ccccc2F)CC1. The molecule has 1 fully saturated rings. The van der Waals surface area contributed by atoms with E-state index in [4.69, 9.17) is 0 Å². The summed E-state index contributed by atoms with van der Waals surface area (Å²) in [6, 6.07) is 15.3. The molecule has 0 saturated carbocycles. The van der Waals surface area contributed by atoms with Crippen LogP contribution in [0.15, 0.2) is 48.5 Å². The Kier molecular flexibility index (Phi) is 5.49. The van der Waals surface area contributed by atoms with Gasteiger partial charge < -0.3 is 10.2 Å². The van der Waals surface area contributed by atoms with E-state index in [1.807, 2.05) is 0 Å². The Morgan fingerprint density at radius 2 is 1.76 bits per heavy atom. The first-order valence-electron chi connectivity index (χ1n) is 8.91. The Labute approximate surface area is 148 Å². The Balaban J connectivity index is 1.56. The van der Waals surface area contributed by atoms with Crippen molar-refractivity contribution in [3.8, 4) is 0 Å². The Morgan fingerprint density at radius 1 is 1.12 bits per heavy atom. The predicted molar refractivity (Wildman–Crippen MR) is 98.1 cm³/mol. The fourth-order valence-corrected chi connectivity index (χ4v) is 3.57. The lowest BCUT2D eigenvalue weighted by molar-refractivity contribution is 0.0697. The van der Waals surface area contributed by atoms with Crippen LogP contribution < -0.4 is 5.32 Å². The van der Waals surface area contributed by atoms with Crippen LogP contribution in [0.1, 0.15) is 47.3 Å². The summed E-state index contributed by atoms with van der Waals surface area (Å²) in [6.45, 7) is 5.62. The van der Waals surface area contributed by atoms with Crippen molar-refractivity contribution in [2.45, 2.75) is 38.8 Å². The van der Waals surface area contributed by atoms with E-state index in [0.717, 1.165) is 12.8 Å². The lowest BCUT2D eigenvalue weighted by atomic mass is 9.98. The van der Waals surface area contributed by atoms with Crippen molar-refractivity contribution in [3.63, 3.8) is 0 Å². The van der Waals surface area contributed by atoms with Gasteiger partial charge in [0.25, 0.3) is 5.91 Å². The largest absolute Gasteiger partial charge is 0.338 e. The van der Waals surface area contributed by atoms with E-state index in [2.05, 4.69) is 43.4 Å². The average Bonchev–Trinajstić information content (AvgIpc) is 2.62. The van der Waals surface area contributed by atoms with Crippen LogP contribution in [0.5, 0.6) is 0 Å². The van der Waals surface area contributed by atoms with Crippen LogP contribution in [0.4, 0.5) is 4.39 Å². The highest BCUT2D eigenvalue weighted by molar-refractivity contribution is 5.94. The van der Waals surface area contributed by atoms with Gasteiger partial charge in [0.1, 0.15) is 5.82 Å². The zero-order valence-corrected chi connectivity index (χ0v) is 14.8. The third-order valence-electron chi connectivity index (χ3n) is 5.03. The molecule has 1 N–H and O–H groups in total. The quantitative estimate of drug-likeness (QED) is 0.909. The maximum atomic E-state index is 13.8. The molecule has 1 atom stereocenters. The number of rotatable bonds is 4. The molecule has 0 bridgehead atoms. The van der Waals surface area contributed by atoms with E-state index in [-0.39, 0.29) is 17.5 Å². The van der Waals surface area contributed by atoms with Gasteiger partial charge in [-0.15, -0.1) is 0 Å². The molecule has 1 aliphatic rings. The number of likely N-dealkylation sites (tertiary alicyclic amines) is 1. The molecule has 1 heterocycles. The van der Waals surface area contributed by atoms with E-state index in [1.165, 1.54) is 17.2 Å². The van der Waals surface area contributed by atoms with Gasteiger partial charge in [0, 0.05) is 25.2 Å². The fraction of sp³-hybridized carbons (Fsp3) is 0.381. The van der Waals surface area contributed by atoms with Gasteiger partial charge in [-0.2, -0.15) is 0 Å². The molecule has 3 rings (SSSR count). The molecular formula is C21H25FN2O. The van der Waals surface area contributed by atoms with Crippen molar-refractivity contribution in [2.75, 3.05) is 13.1 Å². The van der Waals surface area contributed by atoms with Gasteiger partial charge in [-0.1, -0.05) is 36.4 Å². The summed E-state index contributed by atoms with van der Waals surface area (Å²) >= 11 is 0. The fourth-order valence-electron chi connectivity index (χ4n) is 3.57. The third kappa shape index (κ3) is 4.07. The first-order chi connectivity index (χ1) is 12.1. The topological polar surface area (TPSA) is 32.3 Å². The zero-order valence-electron chi connectivity index (χ0n) is 14.8. The van der Waals surface area contributed by atoms with Gasteiger partial charge in [-0.05, 0) is 49.9 Å². The van der Waals surface area contributed by atoms with Crippen LogP contribution in [-0.4, -0.2) is 29.9 Å². The second-order valence-electron chi connectivity index (χ2n) is 6.79. The molecule has 1 saturated heterocycles. The predicted octanol–water partition coefficient (Wildman–Crippen LogP) is 4.09. The maximum absolute atomic E-state index is 13.8. The Morgan fingerprint density at radius 3 is 2.44 bits per heavy atom. The number of benzene rings is 2. The van der Waals surface area contributed by atoms with Crippen molar-refractivity contribution in [2.24, 2.45) is 0 Å². The van der Waals surface area contributed by atoms with Gasteiger partial charge in [0.15, 0.2) is 0 Å². The summed E-state index contributed by atoms with van der Waals surface area (Å²) < 4.78 is 13.8. The normalized spacial score (nSPS) is 16.7. The van der Waals surface area contributed by atoms with Crippen LogP contribution in [0.25, 0.3) is 0 Å². The summed E-state index contributed by atoms with van der Waals surface area (Å²) in [6.07, 6.45) is 1.77. The minimum atomic E-state index is -0.444. The van der Waals surface area contributed by atoms with E-state index in [0.29, 0.717) is 19.1 Å². The summed E-state index contributed by atoms with van der Waals surface area (Å²) in [5.74, 6) is -0.649. The standard InChI is InChI=1S/C21H25FN2O/c1-15-7-3-4-8-18(15)16(2)23-17-11-13-24(14-12-17)21(25)19-9-5-6-10-20(19)22/h3-10,16-17,23H,11-14H2,1-2H3/t16-/m0/s1. The summed E-state index contributed by atoms with van der Waals surface area (Å²) in [5, 5.41) is 3.67. The minimum Gasteiger partial charge on any atom is -0.338 e. The van der Waals surface area contributed by atoms with Crippen molar-refractivity contribution in [3.05, 3.63) is 71.0 Å².